The lowest BCUT2D eigenvalue weighted by Gasteiger charge is -2.21. The average molecular weight is 337 g/mol. The number of nitrogens with one attached hydrogen (secondary N) is 2. The van der Waals surface area contributed by atoms with Crippen molar-refractivity contribution in [2.45, 2.75) is 19.4 Å². The Balaban J connectivity index is 2.84. The predicted molar refractivity (Wildman–Crippen MR) is 67.9 cm³/mol. The topological polar surface area (TPSA) is 78.4 Å². The fourth-order valence-corrected chi connectivity index (χ4v) is 1.42. The minimum Gasteiger partial charge on any atom is -0.480 e. The SMILES string of the molecule is CC(C)(NC(=O)Nc1cc(F)c(Br)cc1F)C(=O)O. The number of urea groups is 1. The Bertz CT molecular complexity index is 535. The molecule has 0 radical (unpaired) electrons. The molecule has 1 rings (SSSR count). The second-order valence-electron chi connectivity index (χ2n) is 4.26. The van der Waals surface area contributed by atoms with Gasteiger partial charge in [0.25, 0.3) is 0 Å². The molecule has 1 aromatic carbocycles. The lowest BCUT2D eigenvalue weighted by Crippen LogP contribution is -2.51. The van der Waals surface area contributed by atoms with E-state index in [0.29, 0.717) is 0 Å². The van der Waals surface area contributed by atoms with E-state index in [9.17, 15) is 18.4 Å². The summed E-state index contributed by atoms with van der Waals surface area (Å²) < 4.78 is 26.5. The van der Waals surface area contributed by atoms with Crippen LogP contribution < -0.4 is 10.6 Å². The molecule has 3 N–H and O–H groups in total. The molecular formula is C11H11BrF2N2O3. The van der Waals surface area contributed by atoms with Gasteiger partial charge in [0, 0.05) is 6.07 Å². The lowest BCUT2D eigenvalue weighted by molar-refractivity contribution is -0.142. The van der Waals surface area contributed by atoms with Crippen molar-refractivity contribution < 1.29 is 23.5 Å². The van der Waals surface area contributed by atoms with Gasteiger partial charge < -0.3 is 15.7 Å². The van der Waals surface area contributed by atoms with Crippen molar-refractivity contribution in [2.24, 2.45) is 0 Å². The van der Waals surface area contributed by atoms with E-state index in [-0.39, 0.29) is 10.2 Å². The maximum absolute atomic E-state index is 13.4. The van der Waals surface area contributed by atoms with E-state index in [0.717, 1.165) is 12.1 Å². The molecule has 19 heavy (non-hydrogen) atoms. The van der Waals surface area contributed by atoms with Gasteiger partial charge in [-0.25, -0.2) is 18.4 Å². The number of halogens is 3. The van der Waals surface area contributed by atoms with Crippen LogP contribution in [-0.2, 0) is 4.79 Å². The summed E-state index contributed by atoms with van der Waals surface area (Å²) in [5.74, 6) is -2.86. The molecular weight excluding hydrogens is 326 g/mol. The monoisotopic (exact) mass is 336 g/mol. The van der Waals surface area contributed by atoms with Gasteiger partial charge >= 0.3 is 12.0 Å². The molecule has 2 amide bonds. The van der Waals surface area contributed by atoms with Crippen LogP contribution in [0.3, 0.4) is 0 Å². The highest BCUT2D eigenvalue weighted by Crippen LogP contribution is 2.23. The van der Waals surface area contributed by atoms with Crippen molar-refractivity contribution in [3.63, 3.8) is 0 Å². The minimum absolute atomic E-state index is 0.0816. The number of amides is 2. The molecule has 0 spiro atoms. The molecule has 8 heteroatoms. The maximum atomic E-state index is 13.4. The highest BCUT2D eigenvalue weighted by Gasteiger charge is 2.29. The van der Waals surface area contributed by atoms with Gasteiger partial charge in [0.15, 0.2) is 0 Å². The number of hydrogen-bond donors (Lipinski definition) is 3. The van der Waals surface area contributed by atoms with E-state index >= 15 is 0 Å². The summed E-state index contributed by atoms with van der Waals surface area (Å²) in [6.45, 7) is 2.51. The summed E-state index contributed by atoms with van der Waals surface area (Å²) >= 11 is 2.79. The third-order valence-corrected chi connectivity index (χ3v) is 2.83. The Kier molecular flexibility index (Phi) is 4.46. The molecule has 5 nitrogen and oxygen atoms in total. The second-order valence-corrected chi connectivity index (χ2v) is 5.11. The number of rotatable bonds is 3. The molecule has 0 fully saturated rings. The molecule has 0 heterocycles. The van der Waals surface area contributed by atoms with Gasteiger partial charge in [-0.05, 0) is 35.8 Å². The zero-order valence-electron chi connectivity index (χ0n) is 10.1. The van der Waals surface area contributed by atoms with Gasteiger partial charge in [0.1, 0.15) is 17.2 Å². The van der Waals surface area contributed by atoms with Crippen molar-refractivity contribution in [3.8, 4) is 0 Å². The van der Waals surface area contributed by atoms with Gasteiger partial charge in [0.2, 0.25) is 0 Å². The number of hydrogen-bond acceptors (Lipinski definition) is 2. The molecule has 0 saturated heterocycles. The molecule has 0 aliphatic heterocycles. The van der Waals surface area contributed by atoms with Crippen molar-refractivity contribution in [1.82, 2.24) is 5.32 Å². The Morgan fingerprint density at radius 3 is 2.37 bits per heavy atom. The molecule has 0 atom stereocenters. The van der Waals surface area contributed by atoms with E-state index < -0.39 is 29.2 Å². The third kappa shape index (κ3) is 3.88. The van der Waals surface area contributed by atoms with Crippen LogP contribution in [0.25, 0.3) is 0 Å². The predicted octanol–water partition coefficient (Wildman–Crippen LogP) is 2.71. The summed E-state index contributed by atoms with van der Waals surface area (Å²) in [5, 5.41) is 13.0. The minimum atomic E-state index is -1.53. The first kappa shape index (κ1) is 15.4. The van der Waals surface area contributed by atoms with Crippen LogP contribution in [0.4, 0.5) is 19.3 Å². The number of carboxylic acid groups (broad SMARTS) is 1. The largest absolute Gasteiger partial charge is 0.480 e. The Hall–Kier alpha value is -1.70. The quantitative estimate of drug-likeness (QED) is 0.742. The van der Waals surface area contributed by atoms with Crippen LogP contribution in [0.5, 0.6) is 0 Å². The van der Waals surface area contributed by atoms with E-state index in [1.165, 1.54) is 13.8 Å². The normalized spacial score (nSPS) is 11.0. The molecule has 0 aromatic heterocycles. The van der Waals surface area contributed by atoms with Crippen molar-refractivity contribution in [1.29, 1.82) is 0 Å². The highest BCUT2D eigenvalue weighted by molar-refractivity contribution is 9.10. The molecule has 1 aromatic rings. The number of carbonyl (C=O) groups excluding carboxylic acids is 1. The Morgan fingerprint density at radius 2 is 1.84 bits per heavy atom. The fraction of sp³-hybridized carbons (Fsp3) is 0.273. The third-order valence-electron chi connectivity index (χ3n) is 2.22. The summed E-state index contributed by atoms with van der Waals surface area (Å²) in [6, 6.07) is 0.688. The lowest BCUT2D eigenvalue weighted by atomic mass is 10.1. The maximum Gasteiger partial charge on any atom is 0.328 e. The standard InChI is InChI=1S/C11H11BrF2N2O3/c1-11(2,9(17)18)16-10(19)15-8-4-6(13)5(12)3-7(8)14/h3-4H,1-2H3,(H,17,18)(H2,15,16,19). The summed E-state index contributed by atoms with van der Waals surface area (Å²) in [5.41, 5.74) is -1.92. The van der Waals surface area contributed by atoms with Crippen LogP contribution in [0.15, 0.2) is 16.6 Å². The Morgan fingerprint density at radius 1 is 1.26 bits per heavy atom. The van der Waals surface area contributed by atoms with Crippen LogP contribution in [-0.4, -0.2) is 22.6 Å². The smallest absolute Gasteiger partial charge is 0.328 e. The highest BCUT2D eigenvalue weighted by atomic mass is 79.9. The van der Waals surface area contributed by atoms with Crippen molar-refractivity contribution in [3.05, 3.63) is 28.2 Å². The van der Waals surface area contributed by atoms with E-state index in [4.69, 9.17) is 5.11 Å². The van der Waals surface area contributed by atoms with Crippen LogP contribution in [0, 0.1) is 11.6 Å². The Labute approximate surface area is 116 Å². The molecule has 0 unspecified atom stereocenters. The number of carbonyl (C=O) groups is 2. The molecule has 0 bridgehead atoms. The van der Waals surface area contributed by atoms with Crippen molar-refractivity contribution >= 4 is 33.6 Å². The van der Waals surface area contributed by atoms with Gasteiger partial charge in [-0.1, -0.05) is 0 Å². The number of anilines is 1. The molecule has 0 aliphatic carbocycles. The summed E-state index contributed by atoms with van der Waals surface area (Å²) in [7, 11) is 0. The van der Waals surface area contributed by atoms with Crippen LogP contribution in [0.1, 0.15) is 13.8 Å². The number of benzene rings is 1. The average Bonchev–Trinajstić information content (AvgIpc) is 2.24. The van der Waals surface area contributed by atoms with Gasteiger partial charge in [-0.3, -0.25) is 0 Å². The zero-order valence-corrected chi connectivity index (χ0v) is 11.6. The molecule has 0 saturated carbocycles. The van der Waals surface area contributed by atoms with Gasteiger partial charge in [0.05, 0.1) is 10.2 Å². The zero-order chi connectivity index (χ0) is 14.8. The molecule has 0 aliphatic rings. The first-order chi connectivity index (χ1) is 8.63. The van der Waals surface area contributed by atoms with E-state index in [2.05, 4.69) is 21.2 Å². The van der Waals surface area contributed by atoms with Crippen molar-refractivity contribution in [2.75, 3.05) is 5.32 Å². The first-order valence-electron chi connectivity index (χ1n) is 5.10. The van der Waals surface area contributed by atoms with E-state index in [1.54, 1.807) is 0 Å². The second kappa shape index (κ2) is 5.52. The summed E-state index contributed by atoms with van der Waals surface area (Å²) in [6.07, 6.45) is 0. The first-order valence-corrected chi connectivity index (χ1v) is 5.90. The molecule has 104 valence electrons. The van der Waals surface area contributed by atoms with Gasteiger partial charge in [-0.15, -0.1) is 0 Å². The number of aliphatic carboxylic acids is 1. The summed E-state index contributed by atoms with van der Waals surface area (Å²) in [4.78, 5) is 22.3. The van der Waals surface area contributed by atoms with Crippen LogP contribution in [0.2, 0.25) is 0 Å². The fourth-order valence-electron chi connectivity index (χ4n) is 1.11. The number of carboxylic acids is 1. The van der Waals surface area contributed by atoms with E-state index in [1.807, 2.05) is 5.32 Å². The van der Waals surface area contributed by atoms with Crippen LogP contribution >= 0.6 is 15.9 Å². The van der Waals surface area contributed by atoms with Gasteiger partial charge in [-0.2, -0.15) is 0 Å².